The first-order valence-corrected chi connectivity index (χ1v) is 9.12. The van der Waals surface area contributed by atoms with Crippen molar-refractivity contribution in [2.75, 3.05) is 20.1 Å². The van der Waals surface area contributed by atoms with Crippen LogP contribution in [0, 0.1) is 11.8 Å². The lowest BCUT2D eigenvalue weighted by Gasteiger charge is -2.41. The number of nitrogens with zero attached hydrogens (tertiary/aromatic N) is 1. The molecule has 0 bridgehead atoms. The second-order valence-electron chi connectivity index (χ2n) is 7.45. The van der Waals surface area contributed by atoms with E-state index in [0.717, 1.165) is 23.9 Å². The van der Waals surface area contributed by atoms with Crippen LogP contribution in [0.3, 0.4) is 0 Å². The van der Waals surface area contributed by atoms with Crippen molar-refractivity contribution in [3.05, 3.63) is 0 Å². The Morgan fingerprint density at radius 2 is 1.85 bits per heavy atom. The first-order valence-electron chi connectivity index (χ1n) is 9.12. The molecule has 2 nitrogen and oxygen atoms in total. The Bertz CT molecular complexity index is 264. The zero-order valence-electron chi connectivity index (χ0n) is 14.0. The van der Waals surface area contributed by atoms with Crippen LogP contribution in [0.25, 0.3) is 0 Å². The summed E-state index contributed by atoms with van der Waals surface area (Å²) in [5, 5.41) is 3.35. The van der Waals surface area contributed by atoms with Gasteiger partial charge in [-0.05, 0) is 70.5 Å². The highest BCUT2D eigenvalue weighted by Crippen LogP contribution is 2.33. The van der Waals surface area contributed by atoms with Gasteiger partial charge in [0.15, 0.2) is 0 Å². The minimum absolute atomic E-state index is 0.858. The first kappa shape index (κ1) is 16.3. The molecule has 1 aliphatic heterocycles. The molecule has 1 N–H and O–H groups in total. The standard InChI is InChI=1S/C18H36N2/c1-15(2)16-7-6-9-17(11-10-16)20-14-5-4-8-18(20)12-13-19-3/h15-19H,4-14H2,1-3H3. The van der Waals surface area contributed by atoms with Crippen LogP contribution in [-0.2, 0) is 0 Å². The first-order chi connectivity index (χ1) is 9.72. The maximum atomic E-state index is 3.35. The molecule has 0 spiro atoms. The van der Waals surface area contributed by atoms with E-state index in [9.17, 15) is 0 Å². The lowest BCUT2D eigenvalue weighted by atomic mass is 9.88. The molecule has 2 heteroatoms. The Morgan fingerprint density at radius 1 is 1.00 bits per heavy atom. The van der Waals surface area contributed by atoms with E-state index in [-0.39, 0.29) is 0 Å². The third kappa shape index (κ3) is 4.46. The fourth-order valence-corrected chi connectivity index (χ4v) is 4.43. The van der Waals surface area contributed by atoms with Crippen molar-refractivity contribution < 1.29 is 0 Å². The lowest BCUT2D eigenvalue weighted by molar-refractivity contribution is 0.0792. The molecule has 0 radical (unpaired) electrons. The van der Waals surface area contributed by atoms with Crippen molar-refractivity contribution in [3.63, 3.8) is 0 Å². The van der Waals surface area contributed by atoms with Crippen molar-refractivity contribution in [3.8, 4) is 0 Å². The zero-order valence-corrected chi connectivity index (χ0v) is 14.0. The van der Waals surface area contributed by atoms with Gasteiger partial charge >= 0.3 is 0 Å². The van der Waals surface area contributed by atoms with Crippen molar-refractivity contribution >= 4 is 0 Å². The molecule has 1 heterocycles. The molecule has 1 aliphatic carbocycles. The van der Waals surface area contributed by atoms with E-state index in [1.807, 2.05) is 0 Å². The molecule has 2 rings (SSSR count). The third-order valence-electron chi connectivity index (χ3n) is 5.80. The summed E-state index contributed by atoms with van der Waals surface area (Å²) in [4.78, 5) is 2.91. The zero-order chi connectivity index (χ0) is 14.4. The molecular weight excluding hydrogens is 244 g/mol. The molecule has 3 unspecified atom stereocenters. The Labute approximate surface area is 126 Å². The smallest absolute Gasteiger partial charge is 0.0110 e. The minimum Gasteiger partial charge on any atom is -0.320 e. The molecule has 118 valence electrons. The predicted molar refractivity (Wildman–Crippen MR) is 88.1 cm³/mol. The van der Waals surface area contributed by atoms with E-state index in [2.05, 4.69) is 31.1 Å². The normalized spacial score (nSPS) is 33.3. The highest BCUT2D eigenvalue weighted by atomic mass is 15.2. The van der Waals surface area contributed by atoms with Gasteiger partial charge in [-0.1, -0.05) is 33.1 Å². The Balaban J connectivity index is 1.90. The van der Waals surface area contributed by atoms with Gasteiger partial charge in [0, 0.05) is 12.1 Å². The number of likely N-dealkylation sites (tertiary alicyclic amines) is 1. The summed E-state index contributed by atoms with van der Waals surface area (Å²) in [5.41, 5.74) is 0. The third-order valence-corrected chi connectivity index (χ3v) is 5.80. The quantitative estimate of drug-likeness (QED) is 0.764. The van der Waals surface area contributed by atoms with E-state index in [0.29, 0.717) is 0 Å². The number of nitrogens with one attached hydrogen (secondary N) is 1. The second-order valence-corrected chi connectivity index (χ2v) is 7.45. The molecule has 0 amide bonds. The molecule has 2 fully saturated rings. The SMILES string of the molecule is CNCCC1CCCCN1C1CCCC(C(C)C)CC1. The van der Waals surface area contributed by atoms with E-state index in [1.54, 1.807) is 0 Å². The van der Waals surface area contributed by atoms with Gasteiger partial charge in [-0.3, -0.25) is 4.90 Å². The van der Waals surface area contributed by atoms with Crippen LogP contribution in [-0.4, -0.2) is 37.1 Å². The van der Waals surface area contributed by atoms with Crippen LogP contribution < -0.4 is 5.32 Å². The molecule has 3 atom stereocenters. The molecule has 2 aliphatic rings. The average molecular weight is 281 g/mol. The summed E-state index contributed by atoms with van der Waals surface area (Å²) in [5.74, 6) is 1.87. The lowest BCUT2D eigenvalue weighted by Crippen LogP contribution is -2.47. The highest BCUT2D eigenvalue weighted by molar-refractivity contribution is 4.86. The van der Waals surface area contributed by atoms with Gasteiger partial charge in [-0.2, -0.15) is 0 Å². The average Bonchev–Trinajstić information content (AvgIpc) is 2.71. The molecule has 0 aromatic heterocycles. The fourth-order valence-electron chi connectivity index (χ4n) is 4.43. The van der Waals surface area contributed by atoms with Gasteiger partial charge in [0.25, 0.3) is 0 Å². The summed E-state index contributed by atoms with van der Waals surface area (Å²) < 4.78 is 0. The largest absolute Gasteiger partial charge is 0.320 e. The van der Waals surface area contributed by atoms with E-state index in [4.69, 9.17) is 0 Å². The summed E-state index contributed by atoms with van der Waals surface area (Å²) in [6.45, 7) is 7.39. The van der Waals surface area contributed by atoms with Crippen LogP contribution in [0.4, 0.5) is 0 Å². The Morgan fingerprint density at radius 3 is 2.60 bits per heavy atom. The number of hydrogen-bond acceptors (Lipinski definition) is 2. The summed E-state index contributed by atoms with van der Waals surface area (Å²) in [7, 11) is 2.09. The Kier molecular flexibility index (Phi) is 6.83. The number of piperidine rings is 1. The van der Waals surface area contributed by atoms with E-state index < -0.39 is 0 Å². The van der Waals surface area contributed by atoms with Crippen molar-refractivity contribution in [1.82, 2.24) is 10.2 Å². The van der Waals surface area contributed by atoms with Gasteiger partial charge in [-0.15, -0.1) is 0 Å². The van der Waals surface area contributed by atoms with Crippen molar-refractivity contribution in [2.45, 2.75) is 83.7 Å². The van der Waals surface area contributed by atoms with Gasteiger partial charge in [0.2, 0.25) is 0 Å². The second kappa shape index (κ2) is 8.38. The molecule has 0 aromatic carbocycles. The summed E-state index contributed by atoms with van der Waals surface area (Å²) in [6, 6.07) is 1.75. The van der Waals surface area contributed by atoms with Gasteiger partial charge in [0.1, 0.15) is 0 Å². The van der Waals surface area contributed by atoms with Crippen molar-refractivity contribution in [2.24, 2.45) is 11.8 Å². The predicted octanol–water partition coefficient (Wildman–Crippen LogP) is 4.06. The minimum atomic E-state index is 0.858. The topological polar surface area (TPSA) is 15.3 Å². The fraction of sp³-hybridized carbons (Fsp3) is 1.00. The monoisotopic (exact) mass is 280 g/mol. The van der Waals surface area contributed by atoms with Crippen LogP contribution >= 0.6 is 0 Å². The molecule has 1 saturated carbocycles. The van der Waals surface area contributed by atoms with E-state index >= 15 is 0 Å². The van der Waals surface area contributed by atoms with Gasteiger partial charge in [0.05, 0.1) is 0 Å². The van der Waals surface area contributed by atoms with Crippen molar-refractivity contribution in [1.29, 1.82) is 0 Å². The molecule has 1 saturated heterocycles. The highest BCUT2D eigenvalue weighted by Gasteiger charge is 2.30. The van der Waals surface area contributed by atoms with Crippen LogP contribution in [0.15, 0.2) is 0 Å². The van der Waals surface area contributed by atoms with Gasteiger partial charge in [-0.25, -0.2) is 0 Å². The number of rotatable bonds is 5. The molecular formula is C18H36N2. The summed E-state index contributed by atoms with van der Waals surface area (Å²) in [6.07, 6.45) is 13.0. The van der Waals surface area contributed by atoms with Crippen LogP contribution in [0.2, 0.25) is 0 Å². The van der Waals surface area contributed by atoms with Gasteiger partial charge < -0.3 is 5.32 Å². The maximum Gasteiger partial charge on any atom is 0.0110 e. The molecule has 20 heavy (non-hydrogen) atoms. The molecule has 0 aromatic rings. The number of hydrogen-bond donors (Lipinski definition) is 1. The maximum absolute atomic E-state index is 3.35. The van der Waals surface area contributed by atoms with Crippen LogP contribution in [0.1, 0.15) is 71.6 Å². The van der Waals surface area contributed by atoms with E-state index in [1.165, 1.54) is 70.9 Å². The van der Waals surface area contributed by atoms with Crippen LogP contribution in [0.5, 0.6) is 0 Å². The summed E-state index contributed by atoms with van der Waals surface area (Å²) >= 11 is 0. The Hall–Kier alpha value is -0.0800.